The average molecular weight is 617 g/mol. The van der Waals surface area contributed by atoms with Crippen LogP contribution in [0.25, 0.3) is 0 Å². The summed E-state index contributed by atoms with van der Waals surface area (Å²) in [6.45, 7) is 7.23. The van der Waals surface area contributed by atoms with Gasteiger partial charge in [0, 0.05) is 27.4 Å². The van der Waals surface area contributed by atoms with Crippen LogP contribution >= 0.6 is 23.5 Å². The van der Waals surface area contributed by atoms with Crippen molar-refractivity contribution < 1.29 is 29.4 Å². The van der Waals surface area contributed by atoms with Gasteiger partial charge in [-0.2, -0.15) is 23.5 Å². The number of nitrogens with one attached hydrogen (secondary N) is 3. The van der Waals surface area contributed by atoms with Gasteiger partial charge in [0.15, 0.2) is 0 Å². The monoisotopic (exact) mass is 616 g/mol. The number of benzene rings is 2. The van der Waals surface area contributed by atoms with E-state index in [1.807, 2.05) is 44.2 Å². The van der Waals surface area contributed by atoms with Crippen LogP contribution in [0.4, 0.5) is 0 Å². The van der Waals surface area contributed by atoms with Crippen molar-refractivity contribution in [1.82, 2.24) is 16.0 Å². The third-order valence-electron chi connectivity index (χ3n) is 7.15. The second-order valence-corrected chi connectivity index (χ2v) is 14.9. The van der Waals surface area contributed by atoms with Gasteiger partial charge in [0.05, 0.1) is 6.04 Å². The molecule has 0 spiro atoms. The predicted octanol–water partition coefficient (Wildman–Crippen LogP) is 2.08. The smallest absolute Gasteiger partial charge is 0.327 e. The van der Waals surface area contributed by atoms with E-state index in [-0.39, 0.29) is 18.6 Å². The molecule has 2 aromatic rings. The fourth-order valence-corrected chi connectivity index (χ4v) is 7.03. The minimum Gasteiger partial charge on any atom is -0.508 e. The maximum Gasteiger partial charge on any atom is 0.327 e. The van der Waals surface area contributed by atoms with Crippen LogP contribution < -0.4 is 21.7 Å². The van der Waals surface area contributed by atoms with E-state index in [1.165, 1.54) is 35.7 Å². The van der Waals surface area contributed by atoms with Crippen LogP contribution in [0.15, 0.2) is 54.6 Å². The number of phenolic OH excluding ortho intramolecular Hbond substituents is 1. The highest BCUT2D eigenvalue weighted by Crippen LogP contribution is 2.34. The van der Waals surface area contributed by atoms with Crippen molar-refractivity contribution in [2.45, 2.75) is 74.2 Å². The van der Waals surface area contributed by atoms with Gasteiger partial charge in [-0.3, -0.25) is 14.4 Å². The number of thioether (sulfide) groups is 2. The van der Waals surface area contributed by atoms with Gasteiger partial charge < -0.3 is 31.9 Å². The van der Waals surface area contributed by atoms with E-state index in [0.717, 1.165) is 11.1 Å². The first kappa shape index (κ1) is 33.3. The molecule has 0 saturated carbocycles. The Morgan fingerprint density at radius 2 is 1.52 bits per heavy atom. The maximum atomic E-state index is 13.9. The lowest BCUT2D eigenvalue weighted by molar-refractivity contribution is -0.143. The Balaban J connectivity index is 1.92. The Morgan fingerprint density at radius 1 is 0.929 bits per heavy atom. The van der Waals surface area contributed by atoms with Crippen LogP contribution in [0, 0.1) is 0 Å². The molecule has 3 amide bonds. The third kappa shape index (κ3) is 9.14. The number of carbonyl (C=O) groups excluding carboxylic acids is 3. The number of hydrogen-bond acceptors (Lipinski definition) is 8. The van der Waals surface area contributed by atoms with Gasteiger partial charge in [-0.15, -0.1) is 0 Å². The molecule has 4 atom stereocenters. The van der Waals surface area contributed by atoms with E-state index < -0.39 is 57.4 Å². The van der Waals surface area contributed by atoms with E-state index in [0.29, 0.717) is 11.5 Å². The first-order valence-corrected chi connectivity index (χ1v) is 15.7. The van der Waals surface area contributed by atoms with Gasteiger partial charge >= 0.3 is 5.97 Å². The molecule has 0 aliphatic carbocycles. The largest absolute Gasteiger partial charge is 0.508 e. The number of phenols is 1. The van der Waals surface area contributed by atoms with Gasteiger partial charge in [0.1, 0.15) is 23.9 Å². The van der Waals surface area contributed by atoms with Crippen LogP contribution in [0.5, 0.6) is 5.75 Å². The van der Waals surface area contributed by atoms with Gasteiger partial charge in [0.2, 0.25) is 17.7 Å². The van der Waals surface area contributed by atoms with Crippen LogP contribution in [0.2, 0.25) is 0 Å². The number of carboxylic acids is 1. The van der Waals surface area contributed by atoms with Crippen molar-refractivity contribution in [3.63, 3.8) is 0 Å². The molecular formula is C30H40N4O6S2. The van der Waals surface area contributed by atoms with E-state index >= 15 is 0 Å². The van der Waals surface area contributed by atoms with E-state index in [4.69, 9.17) is 5.73 Å². The maximum absolute atomic E-state index is 13.9. The second-order valence-electron chi connectivity index (χ2n) is 11.4. The number of amides is 3. The fourth-order valence-electron chi connectivity index (χ4n) is 4.65. The molecule has 1 heterocycles. The molecule has 0 radical (unpaired) electrons. The number of aromatic hydroxyl groups is 1. The minimum atomic E-state index is -1.20. The number of nitrogens with two attached hydrogens (primary N) is 1. The Morgan fingerprint density at radius 3 is 2.12 bits per heavy atom. The summed E-state index contributed by atoms with van der Waals surface area (Å²) >= 11 is 2.89. The molecule has 42 heavy (non-hydrogen) atoms. The standard InChI is InChI=1S/C30H40N4O6S2/c1-29(2)23(33-25(36)21(31)16-19-10-12-20(35)13-11-19)27(38)32-22(17-18-8-6-5-7-9-18)26(37)34-24(28(39)40)30(3,4)42-15-14-41-29/h5-13,21-24,35H,14-17,31H2,1-4H3,(H,32,38)(H,33,36)(H,34,37)(H,39,40)/t21-,22-,23?,24+/m0/s1. The summed E-state index contributed by atoms with van der Waals surface area (Å²) in [5.41, 5.74) is 7.74. The molecule has 228 valence electrons. The minimum absolute atomic E-state index is 0.0987. The van der Waals surface area contributed by atoms with Gasteiger partial charge in [-0.05, 0) is 57.4 Å². The highest BCUT2D eigenvalue weighted by Gasteiger charge is 2.42. The molecule has 2 aromatic carbocycles. The normalized spacial score (nSPS) is 23.6. The Labute approximate surface area is 255 Å². The lowest BCUT2D eigenvalue weighted by Gasteiger charge is -2.35. The van der Waals surface area contributed by atoms with Crippen molar-refractivity contribution in [2.24, 2.45) is 5.73 Å². The zero-order chi connectivity index (χ0) is 31.1. The third-order valence-corrected chi connectivity index (χ3v) is 10.2. The lowest BCUT2D eigenvalue weighted by atomic mass is 9.98. The van der Waals surface area contributed by atoms with Crippen molar-refractivity contribution in [1.29, 1.82) is 0 Å². The SMILES string of the molecule is CC1(C)SCCSC(C)(C)[C@@H](C(=O)O)NC(=O)[C@H](Cc2ccccc2)NC(=O)C1NC(=O)[C@@H](N)Cc1ccc(O)cc1. The number of carbonyl (C=O) groups is 4. The van der Waals surface area contributed by atoms with E-state index in [2.05, 4.69) is 16.0 Å². The lowest BCUT2D eigenvalue weighted by Crippen LogP contribution is -2.63. The van der Waals surface area contributed by atoms with Crippen LogP contribution in [0.1, 0.15) is 38.8 Å². The molecule has 12 heteroatoms. The summed E-state index contributed by atoms with van der Waals surface area (Å²) in [5.74, 6) is -1.70. The van der Waals surface area contributed by atoms with Crippen molar-refractivity contribution in [3.8, 4) is 5.75 Å². The molecule has 3 rings (SSSR count). The van der Waals surface area contributed by atoms with Gasteiger partial charge in [-0.1, -0.05) is 42.5 Å². The topological polar surface area (TPSA) is 171 Å². The number of rotatable bonds is 7. The van der Waals surface area contributed by atoms with E-state index in [1.54, 1.807) is 26.0 Å². The molecule has 1 aliphatic heterocycles. The van der Waals surface area contributed by atoms with Crippen LogP contribution in [-0.2, 0) is 32.0 Å². The summed E-state index contributed by atoms with van der Waals surface area (Å²) < 4.78 is -1.65. The summed E-state index contributed by atoms with van der Waals surface area (Å²) in [6, 6.07) is 11.1. The highest BCUT2D eigenvalue weighted by atomic mass is 32.2. The zero-order valence-corrected chi connectivity index (χ0v) is 25.9. The number of aliphatic carboxylic acids is 1. The quantitative estimate of drug-likeness (QED) is 0.273. The molecule has 7 N–H and O–H groups in total. The molecule has 1 saturated heterocycles. The molecular weight excluding hydrogens is 576 g/mol. The summed E-state index contributed by atoms with van der Waals surface area (Å²) in [4.78, 5) is 52.9. The van der Waals surface area contributed by atoms with Crippen LogP contribution in [0.3, 0.4) is 0 Å². The Kier molecular flexibility index (Phi) is 11.3. The average Bonchev–Trinajstić information content (AvgIpc) is 2.93. The molecule has 0 bridgehead atoms. The summed E-state index contributed by atoms with van der Waals surface area (Å²) in [6.07, 6.45) is 0.308. The predicted molar refractivity (Wildman–Crippen MR) is 166 cm³/mol. The molecule has 1 aliphatic rings. The van der Waals surface area contributed by atoms with Crippen molar-refractivity contribution in [2.75, 3.05) is 11.5 Å². The molecule has 1 unspecified atom stereocenters. The second kappa shape index (κ2) is 14.3. The van der Waals surface area contributed by atoms with Crippen LogP contribution in [-0.4, -0.2) is 79.1 Å². The fraction of sp³-hybridized carbons (Fsp3) is 0.467. The molecule has 1 fully saturated rings. The van der Waals surface area contributed by atoms with Gasteiger partial charge in [0.25, 0.3) is 0 Å². The number of hydrogen-bond donors (Lipinski definition) is 6. The van der Waals surface area contributed by atoms with Crippen molar-refractivity contribution >= 4 is 47.2 Å². The Hall–Kier alpha value is -3.22. The Bertz CT molecular complexity index is 1260. The zero-order valence-electron chi connectivity index (χ0n) is 24.3. The number of carboxylic acid groups (broad SMARTS) is 1. The van der Waals surface area contributed by atoms with E-state index in [9.17, 15) is 29.4 Å². The summed E-state index contributed by atoms with van der Waals surface area (Å²) in [7, 11) is 0. The van der Waals surface area contributed by atoms with Gasteiger partial charge in [-0.25, -0.2) is 4.79 Å². The highest BCUT2D eigenvalue weighted by molar-refractivity contribution is 8.04. The summed E-state index contributed by atoms with van der Waals surface area (Å²) in [5, 5.41) is 27.8. The molecule has 0 aromatic heterocycles. The first-order valence-electron chi connectivity index (χ1n) is 13.7. The van der Waals surface area contributed by atoms with Crippen molar-refractivity contribution in [3.05, 3.63) is 65.7 Å². The first-order chi connectivity index (χ1) is 19.7. The molecule has 10 nitrogen and oxygen atoms in total.